The van der Waals surface area contributed by atoms with Gasteiger partial charge in [-0.1, -0.05) is 19.6 Å². The average Bonchev–Trinajstić information content (AvgIpc) is 2.65. The van der Waals surface area contributed by atoms with Gasteiger partial charge in [0.25, 0.3) is 10.3 Å². The Bertz CT molecular complexity index is 1240. The van der Waals surface area contributed by atoms with E-state index in [1.807, 2.05) is 0 Å². The number of hydrogen-bond donors (Lipinski definition) is 1. The molecule has 0 aliphatic carbocycles. The van der Waals surface area contributed by atoms with E-state index in [1.165, 1.54) is 48.1 Å². The van der Waals surface area contributed by atoms with Gasteiger partial charge >= 0.3 is 10.5 Å². The van der Waals surface area contributed by atoms with Gasteiger partial charge in [-0.05, 0) is 74.5 Å². The van der Waals surface area contributed by atoms with Crippen molar-refractivity contribution in [2.24, 2.45) is 8.73 Å². The highest BCUT2D eigenvalue weighted by molar-refractivity contribution is 7.86. The van der Waals surface area contributed by atoms with Gasteiger partial charge < -0.3 is 5.32 Å². The van der Waals surface area contributed by atoms with E-state index in [0.717, 1.165) is 6.42 Å². The molecule has 0 radical (unpaired) electrons. The van der Waals surface area contributed by atoms with Crippen molar-refractivity contribution in [1.29, 1.82) is 0 Å². The summed E-state index contributed by atoms with van der Waals surface area (Å²) < 4.78 is 66.5. The Hall–Kier alpha value is -2.54. The lowest BCUT2D eigenvalue weighted by Crippen LogP contribution is -2.39. The third kappa shape index (κ3) is 10.6. The van der Waals surface area contributed by atoms with Crippen molar-refractivity contribution in [3.8, 4) is 24.7 Å². The lowest BCUT2D eigenvalue weighted by Gasteiger charge is -2.27. The molecule has 0 amide bonds. The second-order valence-corrected chi connectivity index (χ2v) is 9.32. The first-order chi connectivity index (χ1) is 15.6. The number of terminal acetylenes is 2. The van der Waals surface area contributed by atoms with Crippen LogP contribution in [-0.4, -0.2) is 38.9 Å². The van der Waals surface area contributed by atoms with Crippen LogP contribution in [-0.2, 0) is 20.8 Å². The van der Waals surface area contributed by atoms with Crippen LogP contribution in [0.25, 0.3) is 0 Å². The van der Waals surface area contributed by atoms with Gasteiger partial charge in [-0.25, -0.2) is 0 Å². The van der Waals surface area contributed by atoms with E-state index in [0.29, 0.717) is 29.9 Å². The minimum atomic E-state index is -5.07. The maximum Gasteiger partial charge on any atom is 0.371 e. The van der Waals surface area contributed by atoms with Gasteiger partial charge in [0.15, 0.2) is 0 Å². The lowest BCUT2D eigenvalue weighted by molar-refractivity contribution is 0.311. The minimum Gasteiger partial charge on any atom is -0.317 e. The van der Waals surface area contributed by atoms with Crippen LogP contribution in [0.2, 0.25) is 0 Å². The van der Waals surface area contributed by atoms with Gasteiger partial charge in [-0.15, -0.1) is 33.5 Å². The summed E-state index contributed by atoms with van der Waals surface area (Å²) in [5.74, 6) is 4.76. The Balaban J connectivity index is 0.000000288. The van der Waals surface area contributed by atoms with Gasteiger partial charge in [0.2, 0.25) is 0 Å². The quantitative estimate of drug-likeness (QED) is 0.435. The summed E-state index contributed by atoms with van der Waals surface area (Å²) in [7, 11) is -8.81. The summed E-state index contributed by atoms with van der Waals surface area (Å²) in [6, 6.07) is 11.9. The molecule has 184 valence electrons. The fourth-order valence-electron chi connectivity index (χ4n) is 2.24. The predicted octanol–water partition coefficient (Wildman–Crippen LogP) is 5.21. The highest BCUT2D eigenvalue weighted by Gasteiger charge is 2.25. The maximum absolute atomic E-state index is 13.7. The Labute approximate surface area is 206 Å². The largest absolute Gasteiger partial charge is 0.371 e. The summed E-state index contributed by atoms with van der Waals surface area (Å²) in [6.07, 6.45) is 12.5. The normalized spacial score (nSPS) is 15.9. The molecule has 0 spiro atoms. The number of rotatable bonds is 3. The van der Waals surface area contributed by atoms with E-state index in [2.05, 4.69) is 25.9 Å². The van der Waals surface area contributed by atoms with Crippen molar-refractivity contribution < 1.29 is 20.1 Å². The summed E-state index contributed by atoms with van der Waals surface area (Å²) in [5, 5.41) is 3.11. The maximum atomic E-state index is 13.7. The molecule has 0 bridgehead atoms. The molecule has 2 aromatic carbocycles. The van der Waals surface area contributed by atoms with Crippen LogP contribution in [0.15, 0.2) is 57.3 Å². The third-order valence-corrected chi connectivity index (χ3v) is 6.20. The molecule has 2 heterocycles. The Morgan fingerprint density at radius 3 is 1.44 bits per heavy atom. The fourth-order valence-corrected chi connectivity index (χ4v) is 3.81. The minimum absolute atomic E-state index is 0. The van der Waals surface area contributed by atoms with Crippen molar-refractivity contribution in [3.05, 3.63) is 59.7 Å². The van der Waals surface area contributed by atoms with Crippen LogP contribution in [0.1, 0.15) is 24.0 Å². The van der Waals surface area contributed by atoms with E-state index in [-0.39, 0.29) is 18.1 Å². The van der Waals surface area contributed by atoms with Crippen molar-refractivity contribution >= 4 is 44.6 Å². The molecular weight excluding hydrogens is 509 g/mol. The van der Waals surface area contributed by atoms with Crippen molar-refractivity contribution in [2.45, 2.75) is 12.8 Å². The zero-order valence-corrected chi connectivity index (χ0v) is 20.5. The van der Waals surface area contributed by atoms with Crippen LogP contribution in [0.4, 0.5) is 23.0 Å². The standard InChI is InChI=1S/C11H11FN2OS.C8H5F2NOS.C3H7N.ClH/c1-2-10-4-6-11(7-5-10)13-16(12,15)14-8-3-9-14;1-2-7-3-5-8(6-4-7)11-13(9,10)12;1-2-4-3-1;/h1,4-7H,3,8-9H2;1,3-6H;4H,1-3H2;1H. The smallest absolute Gasteiger partial charge is 0.317 e. The zero-order valence-electron chi connectivity index (χ0n) is 18.0. The van der Waals surface area contributed by atoms with Crippen LogP contribution < -0.4 is 5.32 Å². The molecule has 1 atom stereocenters. The van der Waals surface area contributed by atoms with E-state index in [4.69, 9.17) is 12.8 Å². The Morgan fingerprint density at radius 2 is 1.18 bits per heavy atom. The number of hydrogen-bond acceptors (Lipinski definition) is 5. The molecule has 2 aliphatic heterocycles. The van der Waals surface area contributed by atoms with E-state index >= 15 is 0 Å². The summed E-state index contributed by atoms with van der Waals surface area (Å²) in [6.45, 7) is 3.50. The average molecular weight is 533 g/mol. The lowest BCUT2D eigenvalue weighted by atomic mass is 10.2. The molecule has 6 nitrogen and oxygen atoms in total. The van der Waals surface area contributed by atoms with Crippen LogP contribution in [0.5, 0.6) is 0 Å². The SMILES string of the molecule is C#Cc1ccc(N=S(=O)(F)F)cc1.C#Cc1ccc(N=S(=O)(F)N2CCC2)cc1.C1CNC1.Cl. The number of nitrogens with one attached hydrogen (secondary N) is 1. The highest BCUT2D eigenvalue weighted by atomic mass is 35.5. The van der Waals surface area contributed by atoms with Crippen LogP contribution >= 0.6 is 12.4 Å². The summed E-state index contributed by atoms with van der Waals surface area (Å²) in [4.78, 5) is 0. The summed E-state index contributed by atoms with van der Waals surface area (Å²) in [5.41, 5.74) is 1.55. The van der Waals surface area contributed by atoms with E-state index in [9.17, 15) is 20.1 Å². The van der Waals surface area contributed by atoms with E-state index in [1.54, 1.807) is 24.3 Å². The summed E-state index contributed by atoms with van der Waals surface area (Å²) >= 11 is 0. The second kappa shape index (κ2) is 14.0. The van der Waals surface area contributed by atoms with Crippen molar-refractivity contribution in [1.82, 2.24) is 9.62 Å². The van der Waals surface area contributed by atoms with Crippen LogP contribution in [0, 0.1) is 24.7 Å². The Kier molecular flexibility index (Phi) is 12.1. The first-order valence-electron chi connectivity index (χ1n) is 9.85. The molecule has 2 aromatic rings. The third-order valence-electron chi connectivity index (χ3n) is 4.34. The van der Waals surface area contributed by atoms with E-state index < -0.39 is 20.8 Å². The Morgan fingerprint density at radius 1 is 0.794 bits per heavy atom. The molecule has 0 aromatic heterocycles. The molecular formula is C22H24ClF3N4O2S2. The van der Waals surface area contributed by atoms with Crippen LogP contribution in [0.3, 0.4) is 0 Å². The molecule has 12 heteroatoms. The van der Waals surface area contributed by atoms with Gasteiger partial charge in [0.05, 0.1) is 11.4 Å². The first kappa shape index (κ1) is 29.5. The number of benzene rings is 2. The van der Waals surface area contributed by atoms with Gasteiger partial charge in [-0.2, -0.15) is 17.1 Å². The number of halogens is 4. The predicted molar refractivity (Wildman–Crippen MR) is 133 cm³/mol. The first-order valence-corrected chi connectivity index (χ1v) is 12.5. The number of nitrogens with zero attached hydrogens (tertiary/aromatic N) is 3. The molecule has 1 unspecified atom stereocenters. The van der Waals surface area contributed by atoms with Gasteiger partial charge in [0.1, 0.15) is 0 Å². The van der Waals surface area contributed by atoms with Crippen molar-refractivity contribution in [2.75, 3.05) is 26.2 Å². The molecule has 1 N–H and O–H groups in total. The molecule has 34 heavy (non-hydrogen) atoms. The second-order valence-electron chi connectivity index (χ2n) is 6.78. The zero-order chi connectivity index (χ0) is 24.3. The fraction of sp³-hybridized carbons (Fsp3) is 0.273. The molecule has 0 saturated carbocycles. The topological polar surface area (TPSA) is 74.1 Å². The van der Waals surface area contributed by atoms with Gasteiger partial charge in [0, 0.05) is 24.2 Å². The van der Waals surface area contributed by atoms with Gasteiger partial charge in [-0.3, -0.25) is 0 Å². The molecule has 4 rings (SSSR count). The van der Waals surface area contributed by atoms with Crippen molar-refractivity contribution in [3.63, 3.8) is 0 Å². The molecule has 2 fully saturated rings. The molecule has 2 saturated heterocycles. The molecule has 2 aliphatic rings. The monoisotopic (exact) mass is 532 g/mol. The highest BCUT2D eigenvalue weighted by Crippen LogP contribution is 2.22.